The Morgan fingerprint density at radius 2 is 1.88 bits per heavy atom. The molecule has 4 aromatic rings. The summed E-state index contributed by atoms with van der Waals surface area (Å²) in [7, 11) is 0. The lowest BCUT2D eigenvalue weighted by Crippen LogP contribution is -2.21. The molecule has 2 aromatic carbocycles. The molecule has 5 rings (SSSR count). The molecule has 1 aliphatic heterocycles. The summed E-state index contributed by atoms with van der Waals surface area (Å²) in [6, 6.07) is 16.6. The van der Waals surface area contributed by atoms with Gasteiger partial charge in [0.25, 0.3) is 5.91 Å². The first kappa shape index (κ1) is 20.1. The van der Waals surface area contributed by atoms with Gasteiger partial charge in [-0.15, -0.1) is 11.3 Å². The number of esters is 1. The van der Waals surface area contributed by atoms with Crippen molar-refractivity contribution in [3.63, 3.8) is 0 Å². The summed E-state index contributed by atoms with van der Waals surface area (Å²) in [6.07, 6.45) is 0. The molecule has 3 heterocycles. The summed E-state index contributed by atoms with van der Waals surface area (Å²) in [5, 5.41) is 8.14. The molecule has 0 saturated heterocycles. The van der Waals surface area contributed by atoms with Crippen molar-refractivity contribution < 1.29 is 23.8 Å². The van der Waals surface area contributed by atoms with Crippen molar-refractivity contribution in [3.05, 3.63) is 65.2 Å². The largest absolute Gasteiger partial charge is 0.486 e. The molecule has 0 saturated carbocycles. The van der Waals surface area contributed by atoms with Crippen LogP contribution in [-0.4, -0.2) is 41.5 Å². The van der Waals surface area contributed by atoms with Crippen LogP contribution in [0.4, 0.5) is 5.69 Å². The molecule has 0 atom stereocenters. The number of nitrogens with zero attached hydrogens (tertiary/aromatic N) is 2. The minimum atomic E-state index is -0.553. The highest BCUT2D eigenvalue weighted by atomic mass is 32.1. The van der Waals surface area contributed by atoms with Crippen molar-refractivity contribution in [2.45, 2.75) is 6.92 Å². The molecule has 9 heteroatoms. The topological polar surface area (TPSA) is 91.7 Å². The van der Waals surface area contributed by atoms with Gasteiger partial charge in [0.1, 0.15) is 22.9 Å². The minimum absolute atomic E-state index is 0.398. The van der Waals surface area contributed by atoms with E-state index in [0.717, 1.165) is 21.6 Å². The number of hydrogen-bond acceptors (Lipinski definition) is 7. The molecule has 0 bridgehead atoms. The monoisotopic (exact) mass is 449 g/mol. The zero-order valence-corrected chi connectivity index (χ0v) is 18.0. The van der Waals surface area contributed by atoms with Gasteiger partial charge in [0.2, 0.25) is 0 Å². The molecule has 0 unspecified atom stereocenters. The van der Waals surface area contributed by atoms with E-state index < -0.39 is 18.5 Å². The molecule has 1 N–H and O–H groups in total. The fourth-order valence-corrected chi connectivity index (χ4v) is 4.49. The fraction of sp³-hybridized carbons (Fsp3) is 0.174. The van der Waals surface area contributed by atoms with Gasteiger partial charge in [-0.3, -0.25) is 4.79 Å². The van der Waals surface area contributed by atoms with Crippen LogP contribution in [0.1, 0.15) is 15.4 Å². The first-order valence-corrected chi connectivity index (χ1v) is 10.8. The number of hydrogen-bond donors (Lipinski definition) is 1. The van der Waals surface area contributed by atoms with E-state index in [1.165, 1.54) is 11.3 Å². The van der Waals surface area contributed by atoms with Gasteiger partial charge in [0.15, 0.2) is 18.1 Å². The number of ether oxygens (including phenoxy) is 3. The first-order valence-electron chi connectivity index (χ1n) is 10.00. The van der Waals surface area contributed by atoms with Crippen LogP contribution in [0.3, 0.4) is 0 Å². The Labute approximate surface area is 187 Å². The second kappa shape index (κ2) is 8.35. The van der Waals surface area contributed by atoms with Crippen LogP contribution >= 0.6 is 11.3 Å². The maximum Gasteiger partial charge on any atom is 0.348 e. The number of carbonyl (C=O) groups excluding carboxylic acids is 2. The van der Waals surface area contributed by atoms with Crippen LogP contribution in [0, 0.1) is 6.92 Å². The summed E-state index contributed by atoms with van der Waals surface area (Å²) < 4.78 is 18.0. The second-order valence-corrected chi connectivity index (χ2v) is 8.18. The average Bonchev–Trinajstić information content (AvgIpc) is 3.39. The summed E-state index contributed by atoms with van der Waals surface area (Å²) >= 11 is 1.28. The Hall–Kier alpha value is -3.85. The third-order valence-electron chi connectivity index (χ3n) is 4.91. The summed E-state index contributed by atoms with van der Waals surface area (Å²) in [4.78, 5) is 26.1. The molecule has 1 amide bonds. The Kier molecular flexibility index (Phi) is 5.24. The summed E-state index contributed by atoms with van der Waals surface area (Å²) in [5.41, 5.74) is 2.26. The van der Waals surface area contributed by atoms with E-state index in [2.05, 4.69) is 10.4 Å². The van der Waals surface area contributed by atoms with Crippen molar-refractivity contribution >= 4 is 39.1 Å². The number of para-hydroxylation sites is 1. The number of thiophene rings is 1. The molecule has 8 nitrogen and oxygen atoms in total. The van der Waals surface area contributed by atoms with E-state index in [0.29, 0.717) is 35.3 Å². The van der Waals surface area contributed by atoms with Gasteiger partial charge >= 0.3 is 5.97 Å². The number of amides is 1. The highest BCUT2D eigenvalue weighted by Crippen LogP contribution is 2.33. The standard InChI is InChI=1S/C23H19N3O5S/c1-14-17-12-20(32-22(17)26(25-14)16-5-3-2-4-6-16)23(28)31-13-21(27)24-15-7-8-18-19(11-15)30-10-9-29-18/h2-8,11-12H,9-10,13H2,1H3,(H,24,27). The van der Waals surface area contributed by atoms with Crippen molar-refractivity contribution in [3.8, 4) is 17.2 Å². The van der Waals surface area contributed by atoms with E-state index in [4.69, 9.17) is 14.2 Å². The van der Waals surface area contributed by atoms with Crippen LogP contribution < -0.4 is 14.8 Å². The molecular formula is C23H19N3O5S. The van der Waals surface area contributed by atoms with E-state index in [1.54, 1.807) is 28.9 Å². The zero-order valence-electron chi connectivity index (χ0n) is 17.2. The molecule has 1 aliphatic rings. The molecule has 32 heavy (non-hydrogen) atoms. The number of benzene rings is 2. The first-order chi connectivity index (χ1) is 15.6. The van der Waals surface area contributed by atoms with Crippen LogP contribution in [0.5, 0.6) is 11.5 Å². The highest BCUT2D eigenvalue weighted by molar-refractivity contribution is 7.20. The molecule has 162 valence electrons. The fourth-order valence-electron chi connectivity index (χ4n) is 3.41. The predicted molar refractivity (Wildman–Crippen MR) is 120 cm³/mol. The van der Waals surface area contributed by atoms with E-state index in [9.17, 15) is 9.59 Å². The third-order valence-corrected chi connectivity index (χ3v) is 6.00. The number of fused-ring (bicyclic) bond motifs is 2. The normalized spacial score (nSPS) is 12.5. The lowest BCUT2D eigenvalue weighted by Gasteiger charge is -2.18. The average molecular weight is 449 g/mol. The van der Waals surface area contributed by atoms with Crippen LogP contribution in [0.2, 0.25) is 0 Å². The van der Waals surface area contributed by atoms with Crippen molar-refractivity contribution in [1.82, 2.24) is 9.78 Å². The molecule has 0 fully saturated rings. The van der Waals surface area contributed by atoms with Gasteiger partial charge in [0.05, 0.1) is 11.4 Å². The second-order valence-electron chi connectivity index (χ2n) is 7.14. The van der Waals surface area contributed by atoms with Crippen molar-refractivity contribution in [2.75, 3.05) is 25.1 Å². The minimum Gasteiger partial charge on any atom is -0.486 e. The van der Waals surface area contributed by atoms with Crippen LogP contribution in [-0.2, 0) is 9.53 Å². The van der Waals surface area contributed by atoms with E-state index in [1.807, 2.05) is 37.3 Å². The molecule has 0 spiro atoms. The Morgan fingerprint density at radius 1 is 1.09 bits per heavy atom. The van der Waals surface area contributed by atoms with Crippen molar-refractivity contribution in [2.24, 2.45) is 0 Å². The Balaban J connectivity index is 1.25. The number of carbonyl (C=O) groups is 2. The van der Waals surface area contributed by atoms with Crippen LogP contribution in [0.15, 0.2) is 54.6 Å². The highest BCUT2D eigenvalue weighted by Gasteiger charge is 2.19. The quantitative estimate of drug-likeness (QED) is 0.464. The van der Waals surface area contributed by atoms with Gasteiger partial charge in [-0.05, 0) is 37.3 Å². The Morgan fingerprint density at radius 3 is 2.69 bits per heavy atom. The number of aromatic nitrogens is 2. The zero-order chi connectivity index (χ0) is 22.1. The van der Waals surface area contributed by atoms with Gasteiger partial charge in [-0.2, -0.15) is 5.10 Å². The van der Waals surface area contributed by atoms with Crippen LogP contribution in [0.25, 0.3) is 15.9 Å². The Bertz CT molecular complexity index is 1310. The smallest absolute Gasteiger partial charge is 0.348 e. The van der Waals surface area contributed by atoms with Crippen molar-refractivity contribution in [1.29, 1.82) is 0 Å². The number of nitrogens with one attached hydrogen (secondary N) is 1. The maximum absolute atomic E-state index is 12.6. The van der Waals surface area contributed by atoms with Gasteiger partial charge in [-0.1, -0.05) is 18.2 Å². The van der Waals surface area contributed by atoms with Gasteiger partial charge in [0, 0.05) is 17.1 Å². The number of rotatable bonds is 5. The number of anilines is 1. The molecule has 2 aromatic heterocycles. The summed E-state index contributed by atoms with van der Waals surface area (Å²) in [5.74, 6) is 0.208. The molecule has 0 radical (unpaired) electrons. The predicted octanol–water partition coefficient (Wildman–Crippen LogP) is 3.96. The van der Waals surface area contributed by atoms with E-state index in [-0.39, 0.29) is 0 Å². The maximum atomic E-state index is 12.6. The third kappa shape index (κ3) is 3.90. The summed E-state index contributed by atoms with van der Waals surface area (Å²) in [6.45, 7) is 2.45. The SMILES string of the molecule is Cc1nn(-c2ccccc2)c2sc(C(=O)OCC(=O)Nc3ccc4c(c3)OCCO4)cc12. The van der Waals surface area contributed by atoms with Gasteiger partial charge < -0.3 is 19.5 Å². The molecule has 0 aliphatic carbocycles. The number of aryl methyl sites for hydroxylation is 1. The lowest BCUT2D eigenvalue weighted by molar-refractivity contribution is -0.119. The molecular weight excluding hydrogens is 430 g/mol. The lowest BCUT2D eigenvalue weighted by atomic mass is 10.2. The van der Waals surface area contributed by atoms with E-state index >= 15 is 0 Å². The van der Waals surface area contributed by atoms with Gasteiger partial charge in [-0.25, -0.2) is 9.48 Å².